The molecule has 0 aromatic heterocycles. The van der Waals surface area contributed by atoms with Gasteiger partial charge in [0.2, 0.25) is 5.91 Å². The average Bonchev–Trinajstić information content (AvgIpc) is 2.47. The van der Waals surface area contributed by atoms with Gasteiger partial charge in [0.15, 0.2) is 0 Å². The van der Waals surface area contributed by atoms with Gasteiger partial charge in [0, 0.05) is 13.5 Å². The third kappa shape index (κ3) is 3.80. The lowest BCUT2D eigenvalue weighted by molar-refractivity contribution is -0.133. The minimum Gasteiger partial charge on any atom is -0.339 e. The Morgan fingerprint density at radius 2 is 2.16 bits per heavy atom. The van der Waals surface area contributed by atoms with Crippen molar-refractivity contribution >= 4 is 5.91 Å². The summed E-state index contributed by atoms with van der Waals surface area (Å²) in [6.45, 7) is 4.17. The van der Waals surface area contributed by atoms with Crippen molar-refractivity contribution in [3.63, 3.8) is 0 Å². The first kappa shape index (κ1) is 14.1. The van der Waals surface area contributed by atoms with Gasteiger partial charge in [-0.05, 0) is 44.3 Å². The third-order valence-electron chi connectivity index (χ3n) is 4.12. The number of hydrogen-bond acceptors (Lipinski definition) is 2. The van der Waals surface area contributed by atoms with Crippen LogP contribution in [0.5, 0.6) is 0 Å². The lowest BCUT2D eigenvalue weighted by Gasteiger charge is -2.29. The maximum atomic E-state index is 12.3. The first-order valence-corrected chi connectivity index (χ1v) is 7.20. The fourth-order valence-electron chi connectivity index (χ4n) is 2.66. The monoisotopic (exact) mass is 260 g/mol. The summed E-state index contributed by atoms with van der Waals surface area (Å²) in [6, 6.07) is 10.4. The van der Waals surface area contributed by atoms with E-state index in [2.05, 4.69) is 24.4 Å². The van der Waals surface area contributed by atoms with Crippen LogP contribution in [0.1, 0.15) is 37.8 Å². The predicted octanol–water partition coefficient (Wildman–Crippen LogP) is 2.60. The van der Waals surface area contributed by atoms with Crippen molar-refractivity contribution in [3.05, 3.63) is 35.9 Å². The van der Waals surface area contributed by atoms with Crippen LogP contribution < -0.4 is 5.32 Å². The Labute approximate surface area is 116 Å². The van der Waals surface area contributed by atoms with Gasteiger partial charge in [0.05, 0.1) is 6.04 Å². The summed E-state index contributed by atoms with van der Waals surface area (Å²) in [6.07, 6.45) is 3.03. The molecular formula is C16H24N2O. The van der Waals surface area contributed by atoms with Gasteiger partial charge in [0.25, 0.3) is 0 Å². The molecule has 0 radical (unpaired) electrons. The highest BCUT2D eigenvalue weighted by atomic mass is 16.2. The highest BCUT2D eigenvalue weighted by molar-refractivity contribution is 5.76. The third-order valence-corrected chi connectivity index (χ3v) is 4.12. The fourth-order valence-corrected chi connectivity index (χ4v) is 2.66. The molecule has 3 nitrogen and oxygen atoms in total. The standard InChI is InChI=1S/C16H24N2O/c1-13(15-8-4-3-5-9-15)18(2)16(19)11-14-7-6-10-17-12-14/h3-5,8-9,13-14,17H,6-7,10-12H2,1-2H3. The van der Waals surface area contributed by atoms with Crippen molar-refractivity contribution in [2.75, 3.05) is 20.1 Å². The molecule has 0 aliphatic carbocycles. The summed E-state index contributed by atoms with van der Waals surface area (Å²) in [5, 5.41) is 3.37. The van der Waals surface area contributed by atoms with E-state index in [0.29, 0.717) is 12.3 Å². The summed E-state index contributed by atoms with van der Waals surface area (Å²) in [5.41, 5.74) is 1.19. The van der Waals surface area contributed by atoms with Gasteiger partial charge in [-0.15, -0.1) is 0 Å². The SMILES string of the molecule is CC(c1ccccc1)N(C)C(=O)CC1CCCNC1. The Hall–Kier alpha value is -1.35. The minimum atomic E-state index is 0.144. The number of nitrogens with zero attached hydrogens (tertiary/aromatic N) is 1. The quantitative estimate of drug-likeness (QED) is 0.902. The molecule has 1 aliphatic heterocycles. The zero-order valence-corrected chi connectivity index (χ0v) is 11.9. The zero-order chi connectivity index (χ0) is 13.7. The van der Waals surface area contributed by atoms with E-state index in [0.717, 1.165) is 13.1 Å². The predicted molar refractivity (Wildman–Crippen MR) is 77.8 cm³/mol. The molecule has 1 amide bonds. The van der Waals surface area contributed by atoms with Gasteiger partial charge in [-0.2, -0.15) is 0 Å². The second-order valence-electron chi connectivity index (χ2n) is 5.51. The molecule has 1 aliphatic rings. The lowest BCUT2D eigenvalue weighted by atomic mass is 9.95. The van der Waals surface area contributed by atoms with Crippen LogP contribution in [0.3, 0.4) is 0 Å². The second-order valence-corrected chi connectivity index (χ2v) is 5.51. The Morgan fingerprint density at radius 3 is 2.79 bits per heavy atom. The molecule has 0 spiro atoms. The van der Waals surface area contributed by atoms with Crippen molar-refractivity contribution in [1.29, 1.82) is 0 Å². The zero-order valence-electron chi connectivity index (χ0n) is 11.9. The Kier molecular flexibility index (Phi) is 4.97. The van der Waals surface area contributed by atoms with Crippen LogP contribution in [0.2, 0.25) is 0 Å². The number of carbonyl (C=O) groups is 1. The molecule has 19 heavy (non-hydrogen) atoms. The number of piperidine rings is 1. The molecule has 1 heterocycles. The van der Waals surface area contributed by atoms with E-state index in [-0.39, 0.29) is 11.9 Å². The number of carbonyl (C=O) groups excluding carboxylic acids is 1. The highest BCUT2D eigenvalue weighted by Crippen LogP contribution is 2.21. The summed E-state index contributed by atoms with van der Waals surface area (Å²) in [7, 11) is 1.91. The molecule has 2 unspecified atom stereocenters. The van der Waals surface area contributed by atoms with Crippen molar-refractivity contribution < 1.29 is 4.79 Å². The maximum absolute atomic E-state index is 12.3. The topological polar surface area (TPSA) is 32.3 Å². The average molecular weight is 260 g/mol. The Bertz CT molecular complexity index is 398. The van der Waals surface area contributed by atoms with Crippen LogP contribution in [0.25, 0.3) is 0 Å². The van der Waals surface area contributed by atoms with Gasteiger partial charge < -0.3 is 10.2 Å². The molecule has 1 saturated heterocycles. The van der Waals surface area contributed by atoms with Crippen molar-refractivity contribution in [1.82, 2.24) is 10.2 Å². The van der Waals surface area contributed by atoms with Crippen molar-refractivity contribution in [2.24, 2.45) is 5.92 Å². The van der Waals surface area contributed by atoms with E-state index in [1.165, 1.54) is 18.4 Å². The lowest BCUT2D eigenvalue weighted by Crippen LogP contribution is -2.36. The van der Waals surface area contributed by atoms with Gasteiger partial charge in [-0.1, -0.05) is 30.3 Å². The van der Waals surface area contributed by atoms with E-state index >= 15 is 0 Å². The first-order chi connectivity index (χ1) is 9.18. The van der Waals surface area contributed by atoms with E-state index in [1.807, 2.05) is 30.1 Å². The highest BCUT2D eigenvalue weighted by Gasteiger charge is 2.22. The number of benzene rings is 1. The number of nitrogens with one attached hydrogen (secondary N) is 1. The van der Waals surface area contributed by atoms with Gasteiger partial charge in [-0.25, -0.2) is 0 Å². The fraction of sp³-hybridized carbons (Fsp3) is 0.562. The molecule has 1 fully saturated rings. The van der Waals surface area contributed by atoms with Crippen molar-refractivity contribution in [2.45, 2.75) is 32.2 Å². The Morgan fingerprint density at radius 1 is 1.42 bits per heavy atom. The van der Waals surface area contributed by atoms with Crippen LogP contribution in [-0.2, 0) is 4.79 Å². The van der Waals surface area contributed by atoms with Crippen LogP contribution in [0, 0.1) is 5.92 Å². The number of hydrogen-bond donors (Lipinski definition) is 1. The van der Waals surface area contributed by atoms with E-state index in [4.69, 9.17) is 0 Å². The van der Waals surface area contributed by atoms with Crippen molar-refractivity contribution in [3.8, 4) is 0 Å². The van der Waals surface area contributed by atoms with E-state index in [9.17, 15) is 4.79 Å². The van der Waals surface area contributed by atoms with Gasteiger partial charge >= 0.3 is 0 Å². The van der Waals surface area contributed by atoms with Crippen LogP contribution in [0.15, 0.2) is 30.3 Å². The normalized spacial score (nSPS) is 20.8. The summed E-state index contributed by atoms with van der Waals surface area (Å²) < 4.78 is 0. The summed E-state index contributed by atoms with van der Waals surface area (Å²) in [5.74, 6) is 0.761. The molecule has 1 aromatic carbocycles. The first-order valence-electron chi connectivity index (χ1n) is 7.20. The van der Waals surface area contributed by atoms with E-state index in [1.54, 1.807) is 0 Å². The number of amides is 1. The maximum Gasteiger partial charge on any atom is 0.223 e. The molecule has 0 saturated carbocycles. The second kappa shape index (κ2) is 6.71. The summed E-state index contributed by atoms with van der Waals surface area (Å²) >= 11 is 0. The minimum absolute atomic E-state index is 0.144. The molecule has 1 aromatic rings. The summed E-state index contributed by atoms with van der Waals surface area (Å²) in [4.78, 5) is 14.2. The Balaban J connectivity index is 1.91. The van der Waals surface area contributed by atoms with Crippen LogP contribution in [0.4, 0.5) is 0 Å². The molecule has 3 heteroatoms. The van der Waals surface area contributed by atoms with Crippen LogP contribution in [-0.4, -0.2) is 30.9 Å². The molecule has 2 rings (SSSR count). The smallest absolute Gasteiger partial charge is 0.223 e. The molecule has 1 N–H and O–H groups in total. The molecular weight excluding hydrogens is 236 g/mol. The number of rotatable bonds is 4. The van der Waals surface area contributed by atoms with Crippen LogP contribution >= 0.6 is 0 Å². The van der Waals surface area contributed by atoms with Gasteiger partial charge in [-0.3, -0.25) is 4.79 Å². The van der Waals surface area contributed by atoms with E-state index < -0.39 is 0 Å². The molecule has 104 valence electrons. The molecule has 2 atom stereocenters. The molecule has 0 bridgehead atoms. The largest absolute Gasteiger partial charge is 0.339 e. The van der Waals surface area contributed by atoms with Gasteiger partial charge in [0.1, 0.15) is 0 Å².